The third-order valence-corrected chi connectivity index (χ3v) is 2.42. The molecule has 1 atom stereocenters. The number of furan rings is 1. The van der Waals surface area contributed by atoms with Gasteiger partial charge in [0.25, 0.3) is 5.91 Å². The molecule has 0 saturated carbocycles. The van der Waals surface area contributed by atoms with Gasteiger partial charge in [-0.05, 0) is 31.2 Å². The summed E-state index contributed by atoms with van der Waals surface area (Å²) >= 11 is 0. The first-order chi connectivity index (χ1) is 8.10. The van der Waals surface area contributed by atoms with Crippen molar-refractivity contribution in [1.82, 2.24) is 5.32 Å². The summed E-state index contributed by atoms with van der Waals surface area (Å²) in [6.45, 7) is 1.59. The van der Waals surface area contributed by atoms with Crippen molar-refractivity contribution in [1.29, 1.82) is 0 Å². The lowest BCUT2D eigenvalue weighted by Crippen LogP contribution is -2.34. The highest BCUT2D eigenvalue weighted by Crippen LogP contribution is 2.21. The number of aliphatic hydroxyl groups is 1. The predicted octanol–water partition coefficient (Wildman–Crippen LogP) is 1.13. The Morgan fingerprint density at radius 2 is 2.29 bits per heavy atom. The van der Waals surface area contributed by atoms with Crippen molar-refractivity contribution in [2.24, 2.45) is 0 Å². The Bertz CT molecular complexity index is 548. The van der Waals surface area contributed by atoms with Gasteiger partial charge in [-0.15, -0.1) is 0 Å². The molecule has 0 aliphatic rings. The van der Waals surface area contributed by atoms with E-state index in [4.69, 9.17) is 15.3 Å². The summed E-state index contributed by atoms with van der Waals surface area (Å²) in [4.78, 5) is 11.7. The molecule has 0 fully saturated rings. The molecule has 5 nitrogen and oxygen atoms in total. The molecular weight excluding hydrogens is 220 g/mol. The lowest BCUT2D eigenvalue weighted by atomic mass is 10.2. The summed E-state index contributed by atoms with van der Waals surface area (Å²) in [6.07, 6.45) is 0. The van der Waals surface area contributed by atoms with Crippen LogP contribution in [0, 0.1) is 0 Å². The molecule has 17 heavy (non-hydrogen) atoms. The summed E-state index contributed by atoms with van der Waals surface area (Å²) in [5.41, 5.74) is 6.87. The smallest absolute Gasteiger partial charge is 0.287 e. The fourth-order valence-electron chi connectivity index (χ4n) is 1.51. The number of nitrogens with two attached hydrogens (primary N) is 1. The minimum atomic E-state index is -0.346. The zero-order chi connectivity index (χ0) is 12.4. The van der Waals surface area contributed by atoms with Crippen molar-refractivity contribution in [3.05, 3.63) is 30.0 Å². The Hall–Kier alpha value is -2.01. The predicted molar refractivity (Wildman–Crippen MR) is 64.6 cm³/mol. The Morgan fingerprint density at radius 1 is 1.53 bits per heavy atom. The van der Waals surface area contributed by atoms with Crippen LogP contribution in [0.15, 0.2) is 28.7 Å². The van der Waals surface area contributed by atoms with Crippen LogP contribution in [0.25, 0.3) is 11.0 Å². The topological polar surface area (TPSA) is 88.5 Å². The Morgan fingerprint density at radius 3 is 3.00 bits per heavy atom. The molecule has 1 amide bonds. The maximum absolute atomic E-state index is 11.7. The number of amides is 1. The van der Waals surface area contributed by atoms with Crippen LogP contribution < -0.4 is 11.1 Å². The van der Waals surface area contributed by atoms with Gasteiger partial charge in [0.2, 0.25) is 0 Å². The van der Waals surface area contributed by atoms with Crippen molar-refractivity contribution < 1.29 is 14.3 Å². The molecule has 90 valence electrons. The first-order valence-corrected chi connectivity index (χ1v) is 5.31. The number of hydrogen-bond donors (Lipinski definition) is 3. The van der Waals surface area contributed by atoms with Gasteiger partial charge in [-0.1, -0.05) is 0 Å². The molecule has 1 heterocycles. The monoisotopic (exact) mass is 234 g/mol. The number of carbonyl (C=O) groups excluding carboxylic acids is 1. The highest BCUT2D eigenvalue weighted by Gasteiger charge is 2.14. The standard InChI is InChI=1S/C12H14N2O3/c1-7(6-15)14-12(16)11-5-8-4-9(13)2-3-10(8)17-11/h2-5,7,15H,6,13H2,1H3,(H,14,16)/t7-/m0/s1. The molecule has 2 rings (SSSR count). The second kappa shape index (κ2) is 4.47. The van der Waals surface area contributed by atoms with Gasteiger partial charge in [-0.2, -0.15) is 0 Å². The number of benzene rings is 1. The fourth-order valence-corrected chi connectivity index (χ4v) is 1.51. The average Bonchev–Trinajstić information content (AvgIpc) is 2.71. The SMILES string of the molecule is C[C@@H](CO)NC(=O)c1cc2cc(N)ccc2o1. The number of anilines is 1. The number of nitrogens with one attached hydrogen (secondary N) is 1. The van der Waals surface area contributed by atoms with Gasteiger partial charge in [0.1, 0.15) is 5.58 Å². The Kier molecular flexibility index (Phi) is 3.01. The quantitative estimate of drug-likeness (QED) is 0.694. The molecule has 5 heteroatoms. The molecule has 0 saturated heterocycles. The lowest BCUT2D eigenvalue weighted by Gasteiger charge is -2.08. The third-order valence-electron chi connectivity index (χ3n) is 2.42. The first kappa shape index (κ1) is 11.5. The van der Waals surface area contributed by atoms with Crippen LogP contribution in [0.1, 0.15) is 17.5 Å². The van der Waals surface area contributed by atoms with Crippen LogP contribution in [0.2, 0.25) is 0 Å². The van der Waals surface area contributed by atoms with Crippen molar-refractivity contribution >= 4 is 22.6 Å². The van der Waals surface area contributed by atoms with Crippen LogP contribution in [-0.4, -0.2) is 23.7 Å². The highest BCUT2D eigenvalue weighted by atomic mass is 16.3. The summed E-state index contributed by atoms with van der Waals surface area (Å²) in [6, 6.07) is 6.50. The van der Waals surface area contributed by atoms with E-state index in [0.717, 1.165) is 5.39 Å². The van der Waals surface area contributed by atoms with Gasteiger partial charge in [-0.3, -0.25) is 4.79 Å². The first-order valence-electron chi connectivity index (χ1n) is 5.31. The Labute approximate surface area is 98.2 Å². The molecule has 1 aromatic carbocycles. The van der Waals surface area contributed by atoms with Crippen molar-refractivity contribution in [3.63, 3.8) is 0 Å². The summed E-state index contributed by atoms with van der Waals surface area (Å²) in [7, 11) is 0. The van der Waals surface area contributed by atoms with Crippen molar-refractivity contribution in [2.45, 2.75) is 13.0 Å². The van der Waals surface area contributed by atoms with Crippen molar-refractivity contribution in [2.75, 3.05) is 12.3 Å². The molecule has 2 aromatic rings. The number of fused-ring (bicyclic) bond motifs is 1. The second-order valence-corrected chi connectivity index (χ2v) is 3.96. The molecule has 1 aromatic heterocycles. The molecule has 0 radical (unpaired) electrons. The number of aliphatic hydroxyl groups excluding tert-OH is 1. The molecule has 0 aliphatic carbocycles. The van der Waals surface area contributed by atoms with Crippen LogP contribution in [-0.2, 0) is 0 Å². The van der Waals surface area contributed by atoms with Crippen LogP contribution >= 0.6 is 0 Å². The Balaban J connectivity index is 2.27. The summed E-state index contributed by atoms with van der Waals surface area (Å²) in [5.74, 6) is -0.132. The van der Waals surface area contributed by atoms with E-state index in [-0.39, 0.29) is 24.3 Å². The van der Waals surface area contributed by atoms with Gasteiger partial charge in [0, 0.05) is 17.1 Å². The largest absolute Gasteiger partial charge is 0.451 e. The molecule has 0 bridgehead atoms. The molecular formula is C12H14N2O3. The van der Waals surface area contributed by atoms with Crippen molar-refractivity contribution in [3.8, 4) is 0 Å². The molecule has 4 N–H and O–H groups in total. The minimum absolute atomic E-state index is 0.112. The molecule has 0 spiro atoms. The van der Waals surface area contributed by atoms with Gasteiger partial charge in [-0.25, -0.2) is 0 Å². The lowest BCUT2D eigenvalue weighted by molar-refractivity contribution is 0.0896. The van der Waals surface area contributed by atoms with E-state index in [1.807, 2.05) is 0 Å². The maximum Gasteiger partial charge on any atom is 0.287 e. The summed E-state index contributed by atoms with van der Waals surface area (Å²) < 4.78 is 5.38. The van der Waals surface area contributed by atoms with Gasteiger partial charge in [0.05, 0.1) is 6.61 Å². The van der Waals surface area contributed by atoms with E-state index in [1.54, 1.807) is 31.2 Å². The number of hydrogen-bond acceptors (Lipinski definition) is 4. The van der Waals surface area contributed by atoms with E-state index in [0.29, 0.717) is 11.3 Å². The average molecular weight is 234 g/mol. The van der Waals surface area contributed by atoms with Crippen LogP contribution in [0.3, 0.4) is 0 Å². The normalized spacial score (nSPS) is 12.6. The fraction of sp³-hybridized carbons (Fsp3) is 0.250. The molecule has 0 unspecified atom stereocenters. The second-order valence-electron chi connectivity index (χ2n) is 3.96. The minimum Gasteiger partial charge on any atom is -0.451 e. The molecule has 0 aliphatic heterocycles. The van der Waals surface area contributed by atoms with E-state index < -0.39 is 0 Å². The van der Waals surface area contributed by atoms with Gasteiger partial charge >= 0.3 is 0 Å². The maximum atomic E-state index is 11.7. The van der Waals surface area contributed by atoms with Crippen LogP contribution in [0.4, 0.5) is 5.69 Å². The van der Waals surface area contributed by atoms with Gasteiger partial charge < -0.3 is 20.6 Å². The third kappa shape index (κ3) is 2.39. The number of carbonyl (C=O) groups is 1. The zero-order valence-corrected chi connectivity index (χ0v) is 9.43. The van der Waals surface area contributed by atoms with E-state index in [9.17, 15) is 4.79 Å². The zero-order valence-electron chi connectivity index (χ0n) is 9.43. The number of rotatable bonds is 3. The van der Waals surface area contributed by atoms with Crippen LogP contribution in [0.5, 0.6) is 0 Å². The van der Waals surface area contributed by atoms with Gasteiger partial charge in [0.15, 0.2) is 5.76 Å². The highest BCUT2D eigenvalue weighted by molar-refractivity contribution is 5.96. The summed E-state index contributed by atoms with van der Waals surface area (Å²) in [5, 5.41) is 12.2. The van der Waals surface area contributed by atoms with E-state index in [1.165, 1.54) is 0 Å². The van der Waals surface area contributed by atoms with E-state index >= 15 is 0 Å². The van der Waals surface area contributed by atoms with E-state index in [2.05, 4.69) is 5.32 Å². The number of nitrogen functional groups attached to an aromatic ring is 1.